The molecule has 8 heteroatoms. The second kappa shape index (κ2) is 7.45. The van der Waals surface area contributed by atoms with Gasteiger partial charge in [0.1, 0.15) is 12.1 Å². The van der Waals surface area contributed by atoms with Crippen molar-refractivity contribution >= 4 is 41.0 Å². The fourth-order valence-corrected chi connectivity index (χ4v) is 4.07. The van der Waals surface area contributed by atoms with Crippen molar-refractivity contribution in [3.8, 4) is 0 Å². The van der Waals surface area contributed by atoms with Gasteiger partial charge in [0.2, 0.25) is 5.91 Å². The maximum Gasteiger partial charge on any atom is 0.325 e. The first-order valence-corrected chi connectivity index (χ1v) is 9.46. The van der Waals surface area contributed by atoms with Gasteiger partial charge in [0.25, 0.3) is 5.91 Å². The number of nitrogens with zero attached hydrogens (tertiary/aromatic N) is 2. The number of benzene rings is 1. The number of hydrogen-bond acceptors (Lipinski definition) is 3. The molecule has 2 fully saturated rings. The first kappa shape index (κ1) is 19.0. The van der Waals surface area contributed by atoms with Crippen molar-refractivity contribution in [2.45, 2.75) is 38.1 Å². The zero-order chi connectivity index (χ0) is 18.9. The molecule has 140 valence electrons. The first-order valence-electron chi connectivity index (χ1n) is 8.70. The first-order chi connectivity index (χ1) is 12.3. The highest BCUT2D eigenvalue weighted by Crippen LogP contribution is 2.35. The molecule has 2 aliphatic rings. The quantitative estimate of drug-likeness (QED) is 0.796. The third-order valence-electron chi connectivity index (χ3n) is 5.00. The van der Waals surface area contributed by atoms with Gasteiger partial charge in [0.05, 0.1) is 0 Å². The summed E-state index contributed by atoms with van der Waals surface area (Å²) in [7, 11) is 0. The van der Waals surface area contributed by atoms with E-state index in [1.807, 2.05) is 0 Å². The minimum atomic E-state index is -1.32. The molecule has 1 aromatic carbocycles. The molecule has 6 nitrogen and oxygen atoms in total. The summed E-state index contributed by atoms with van der Waals surface area (Å²) < 4.78 is 0. The fraction of sp³-hybridized carbons (Fsp3) is 0.500. The lowest BCUT2D eigenvalue weighted by Crippen LogP contribution is -2.44. The molecule has 1 N–H and O–H groups in total. The highest BCUT2D eigenvalue weighted by molar-refractivity contribution is 6.35. The van der Waals surface area contributed by atoms with E-state index in [9.17, 15) is 14.4 Å². The Balaban J connectivity index is 1.79. The second-order valence-corrected chi connectivity index (χ2v) is 7.71. The van der Waals surface area contributed by atoms with Crippen LogP contribution in [0.25, 0.3) is 0 Å². The molecular weight excluding hydrogens is 377 g/mol. The average molecular weight is 398 g/mol. The molecule has 2 saturated heterocycles. The summed E-state index contributed by atoms with van der Waals surface area (Å²) in [5.41, 5.74) is -0.871. The maximum absolute atomic E-state index is 12.9. The van der Waals surface area contributed by atoms with E-state index in [-0.39, 0.29) is 17.5 Å². The normalized spacial score (nSPS) is 23.8. The van der Waals surface area contributed by atoms with Gasteiger partial charge in [-0.05, 0) is 31.9 Å². The molecule has 1 aromatic rings. The van der Waals surface area contributed by atoms with E-state index in [1.54, 1.807) is 24.0 Å². The number of urea groups is 1. The summed E-state index contributed by atoms with van der Waals surface area (Å²) in [4.78, 5) is 40.6. The molecule has 26 heavy (non-hydrogen) atoms. The van der Waals surface area contributed by atoms with Crippen LogP contribution >= 0.6 is 23.2 Å². The Kier molecular flexibility index (Phi) is 5.44. The van der Waals surface area contributed by atoms with Crippen LogP contribution in [0, 0.1) is 0 Å². The molecule has 0 spiro atoms. The molecule has 0 bridgehead atoms. The molecule has 0 aliphatic carbocycles. The van der Waals surface area contributed by atoms with Gasteiger partial charge in [-0.3, -0.25) is 14.5 Å². The van der Waals surface area contributed by atoms with Gasteiger partial charge in [-0.15, -0.1) is 0 Å². The molecule has 2 aliphatic heterocycles. The Morgan fingerprint density at radius 3 is 2.42 bits per heavy atom. The smallest absolute Gasteiger partial charge is 0.325 e. The van der Waals surface area contributed by atoms with Crippen molar-refractivity contribution in [1.82, 2.24) is 15.1 Å². The number of carbonyl (C=O) groups is 3. The van der Waals surface area contributed by atoms with E-state index in [0.717, 1.165) is 30.6 Å². The van der Waals surface area contributed by atoms with Crippen molar-refractivity contribution in [1.29, 1.82) is 0 Å². The van der Waals surface area contributed by atoms with E-state index in [2.05, 4.69) is 5.32 Å². The van der Waals surface area contributed by atoms with E-state index in [4.69, 9.17) is 23.2 Å². The Labute approximate surface area is 162 Å². The molecule has 0 radical (unpaired) electrons. The van der Waals surface area contributed by atoms with Crippen LogP contribution in [0.5, 0.6) is 0 Å². The number of imide groups is 1. The molecule has 3 rings (SSSR count). The van der Waals surface area contributed by atoms with Crippen LogP contribution < -0.4 is 5.32 Å². The number of halogens is 2. The summed E-state index contributed by atoms with van der Waals surface area (Å²) in [6, 6.07) is 4.15. The lowest BCUT2D eigenvalue weighted by Gasteiger charge is -2.25. The molecule has 1 unspecified atom stereocenters. The SMILES string of the molecule is CC1(c2ccc(Cl)cc2Cl)NC(=O)N(CC(=O)N2CCCCCC2)C1=O. The number of nitrogens with one attached hydrogen (secondary N) is 1. The predicted molar refractivity (Wildman–Crippen MR) is 99.1 cm³/mol. The average Bonchev–Trinajstić information content (AvgIpc) is 2.80. The van der Waals surface area contributed by atoms with Crippen LogP contribution in [0.1, 0.15) is 38.2 Å². The monoisotopic (exact) mass is 397 g/mol. The van der Waals surface area contributed by atoms with E-state index < -0.39 is 17.5 Å². The van der Waals surface area contributed by atoms with Gasteiger partial charge < -0.3 is 10.2 Å². The lowest BCUT2D eigenvalue weighted by atomic mass is 9.92. The van der Waals surface area contributed by atoms with Crippen LogP contribution in [-0.2, 0) is 15.1 Å². The van der Waals surface area contributed by atoms with Gasteiger partial charge in [-0.1, -0.05) is 42.1 Å². The minimum absolute atomic E-state index is 0.207. The largest absolute Gasteiger partial charge is 0.341 e. The van der Waals surface area contributed by atoms with Gasteiger partial charge in [-0.2, -0.15) is 0 Å². The molecular formula is C18H21Cl2N3O3. The maximum atomic E-state index is 12.9. The summed E-state index contributed by atoms with van der Waals surface area (Å²) in [5, 5.41) is 3.39. The topological polar surface area (TPSA) is 69.7 Å². The van der Waals surface area contributed by atoms with Crippen molar-refractivity contribution < 1.29 is 14.4 Å². The Hall–Kier alpha value is -1.79. The zero-order valence-corrected chi connectivity index (χ0v) is 16.1. The Morgan fingerprint density at radius 2 is 1.81 bits per heavy atom. The standard InChI is InChI=1S/C18H21Cl2N3O3/c1-18(13-7-6-12(19)10-14(13)20)16(25)23(17(26)21-18)11-15(24)22-8-4-2-3-5-9-22/h6-7,10H,2-5,8-9,11H2,1H3,(H,21,26). The van der Waals surface area contributed by atoms with Crippen LogP contribution in [0.15, 0.2) is 18.2 Å². The molecule has 0 saturated carbocycles. The molecule has 2 heterocycles. The molecule has 4 amide bonds. The number of rotatable bonds is 3. The highest BCUT2D eigenvalue weighted by Gasteiger charge is 2.50. The van der Waals surface area contributed by atoms with Gasteiger partial charge in [-0.25, -0.2) is 4.79 Å². The van der Waals surface area contributed by atoms with E-state index in [0.29, 0.717) is 23.7 Å². The van der Waals surface area contributed by atoms with Crippen molar-refractivity contribution in [3.63, 3.8) is 0 Å². The van der Waals surface area contributed by atoms with Crippen LogP contribution in [-0.4, -0.2) is 47.3 Å². The fourth-order valence-electron chi connectivity index (χ4n) is 3.47. The van der Waals surface area contributed by atoms with Crippen LogP contribution in [0.2, 0.25) is 10.0 Å². The lowest BCUT2D eigenvalue weighted by molar-refractivity contribution is -0.138. The number of carbonyl (C=O) groups excluding carboxylic acids is 3. The summed E-state index contributed by atoms with van der Waals surface area (Å²) in [6.07, 6.45) is 4.09. The second-order valence-electron chi connectivity index (χ2n) is 6.87. The van der Waals surface area contributed by atoms with E-state index in [1.165, 1.54) is 6.07 Å². The Bertz CT molecular complexity index is 747. The van der Waals surface area contributed by atoms with Crippen molar-refractivity contribution in [3.05, 3.63) is 33.8 Å². The third-order valence-corrected chi connectivity index (χ3v) is 5.54. The third kappa shape index (κ3) is 3.53. The molecule has 1 atom stereocenters. The van der Waals surface area contributed by atoms with Gasteiger partial charge >= 0.3 is 6.03 Å². The minimum Gasteiger partial charge on any atom is -0.341 e. The number of likely N-dealkylation sites (tertiary alicyclic amines) is 1. The van der Waals surface area contributed by atoms with Crippen molar-refractivity contribution in [2.24, 2.45) is 0 Å². The Morgan fingerprint density at radius 1 is 1.15 bits per heavy atom. The summed E-state index contributed by atoms with van der Waals surface area (Å²) in [5.74, 6) is -0.697. The highest BCUT2D eigenvalue weighted by atomic mass is 35.5. The summed E-state index contributed by atoms with van der Waals surface area (Å²) >= 11 is 12.1. The number of amides is 4. The van der Waals surface area contributed by atoms with Crippen LogP contribution in [0.4, 0.5) is 4.79 Å². The van der Waals surface area contributed by atoms with E-state index >= 15 is 0 Å². The van der Waals surface area contributed by atoms with Gasteiger partial charge in [0, 0.05) is 28.7 Å². The predicted octanol–water partition coefficient (Wildman–Crippen LogP) is 3.16. The van der Waals surface area contributed by atoms with Crippen LogP contribution in [0.3, 0.4) is 0 Å². The summed E-state index contributed by atoms with van der Waals surface area (Å²) in [6.45, 7) is 2.66. The van der Waals surface area contributed by atoms with Gasteiger partial charge in [0.15, 0.2) is 0 Å². The molecule has 0 aromatic heterocycles. The number of hydrogen-bond donors (Lipinski definition) is 1. The van der Waals surface area contributed by atoms with Crippen molar-refractivity contribution in [2.75, 3.05) is 19.6 Å². The zero-order valence-electron chi connectivity index (χ0n) is 14.6.